The quantitative estimate of drug-likeness (QED) is 0.371. The SMILES string of the molecule is NC(=O)c1cc(-c2csc(NC(=O)c3ccc(CN4C(=O)c5ccccc5C4=O)cc3)n2)c[nH]1. The number of fused-ring (bicyclic) bond motifs is 1. The molecular weight excluding hydrogens is 454 g/mol. The number of nitrogens with zero attached hydrogens (tertiary/aromatic N) is 2. The molecule has 34 heavy (non-hydrogen) atoms. The molecule has 1 aliphatic rings. The number of rotatable bonds is 6. The molecule has 2 aromatic carbocycles. The van der Waals surface area contributed by atoms with Gasteiger partial charge in [0.2, 0.25) is 0 Å². The van der Waals surface area contributed by atoms with Crippen molar-refractivity contribution < 1.29 is 19.2 Å². The van der Waals surface area contributed by atoms with Gasteiger partial charge >= 0.3 is 0 Å². The first-order valence-electron chi connectivity index (χ1n) is 10.2. The normalized spacial score (nSPS) is 12.6. The van der Waals surface area contributed by atoms with Gasteiger partial charge < -0.3 is 10.7 Å². The first kappa shape index (κ1) is 21.3. The summed E-state index contributed by atoms with van der Waals surface area (Å²) in [6.07, 6.45) is 1.62. The number of H-pyrrole nitrogens is 1. The van der Waals surface area contributed by atoms with Gasteiger partial charge in [0.15, 0.2) is 5.13 Å². The maximum absolute atomic E-state index is 12.6. The molecule has 5 rings (SSSR count). The topological polar surface area (TPSA) is 138 Å². The molecule has 0 radical (unpaired) electrons. The summed E-state index contributed by atoms with van der Waals surface area (Å²) < 4.78 is 0. The second-order valence-corrected chi connectivity index (χ2v) is 8.46. The number of hydrogen-bond acceptors (Lipinski definition) is 6. The monoisotopic (exact) mass is 471 g/mol. The van der Waals surface area contributed by atoms with Crippen LogP contribution in [0, 0.1) is 0 Å². The average molecular weight is 471 g/mol. The molecule has 4 amide bonds. The van der Waals surface area contributed by atoms with Gasteiger partial charge in [0.25, 0.3) is 23.6 Å². The Balaban J connectivity index is 1.24. The number of hydrogen-bond donors (Lipinski definition) is 3. The number of aromatic amines is 1. The van der Waals surface area contributed by atoms with Crippen LogP contribution in [0.25, 0.3) is 11.3 Å². The maximum atomic E-state index is 12.6. The molecule has 0 spiro atoms. The van der Waals surface area contributed by atoms with E-state index in [0.717, 1.165) is 5.56 Å². The number of imide groups is 1. The zero-order valence-corrected chi connectivity index (χ0v) is 18.4. The minimum Gasteiger partial charge on any atom is -0.364 e. The highest BCUT2D eigenvalue weighted by atomic mass is 32.1. The summed E-state index contributed by atoms with van der Waals surface area (Å²) in [7, 11) is 0. The Morgan fingerprint density at radius 2 is 1.71 bits per heavy atom. The molecule has 0 unspecified atom stereocenters. The van der Waals surface area contributed by atoms with Crippen molar-refractivity contribution in [1.82, 2.24) is 14.9 Å². The Kier molecular flexibility index (Phi) is 5.27. The van der Waals surface area contributed by atoms with Crippen molar-refractivity contribution >= 4 is 40.1 Å². The van der Waals surface area contributed by atoms with E-state index in [1.54, 1.807) is 66.2 Å². The van der Waals surface area contributed by atoms with Gasteiger partial charge in [-0.3, -0.25) is 29.4 Å². The molecule has 0 atom stereocenters. The summed E-state index contributed by atoms with van der Waals surface area (Å²) in [6, 6.07) is 15.0. The summed E-state index contributed by atoms with van der Waals surface area (Å²) in [4.78, 5) is 57.3. The molecule has 4 aromatic rings. The zero-order chi connectivity index (χ0) is 23.8. The van der Waals surface area contributed by atoms with Crippen LogP contribution < -0.4 is 11.1 Å². The Labute approximate surface area is 197 Å². The summed E-state index contributed by atoms with van der Waals surface area (Å²) in [5.41, 5.74) is 8.73. The summed E-state index contributed by atoms with van der Waals surface area (Å²) in [6.45, 7) is 0.119. The fraction of sp³-hybridized carbons (Fsp3) is 0.0417. The van der Waals surface area contributed by atoms with E-state index >= 15 is 0 Å². The summed E-state index contributed by atoms with van der Waals surface area (Å²) in [5.74, 6) is -1.57. The van der Waals surface area contributed by atoms with Crippen molar-refractivity contribution in [3.8, 4) is 11.3 Å². The number of primary amides is 1. The van der Waals surface area contributed by atoms with Crippen LogP contribution in [-0.2, 0) is 6.54 Å². The van der Waals surface area contributed by atoms with Crippen LogP contribution in [0.3, 0.4) is 0 Å². The van der Waals surface area contributed by atoms with Crippen molar-refractivity contribution in [2.24, 2.45) is 5.73 Å². The molecule has 1 aliphatic heterocycles. The third kappa shape index (κ3) is 3.86. The lowest BCUT2D eigenvalue weighted by molar-refractivity contribution is 0.0641. The highest BCUT2D eigenvalue weighted by Crippen LogP contribution is 2.27. The molecule has 0 fully saturated rings. The third-order valence-corrected chi connectivity index (χ3v) is 6.16. The Morgan fingerprint density at radius 1 is 1.03 bits per heavy atom. The molecule has 0 saturated carbocycles. The molecule has 3 heterocycles. The minimum absolute atomic E-state index is 0.119. The molecule has 0 aliphatic carbocycles. The molecule has 9 nitrogen and oxygen atoms in total. The van der Waals surface area contributed by atoms with Gasteiger partial charge in [0.05, 0.1) is 23.4 Å². The van der Waals surface area contributed by atoms with E-state index < -0.39 is 5.91 Å². The van der Waals surface area contributed by atoms with Gasteiger partial charge in [0, 0.05) is 22.7 Å². The molecule has 10 heteroatoms. The predicted molar refractivity (Wildman–Crippen MR) is 125 cm³/mol. The fourth-order valence-electron chi connectivity index (χ4n) is 3.64. The second-order valence-electron chi connectivity index (χ2n) is 7.60. The van der Waals surface area contributed by atoms with Gasteiger partial charge in [-0.1, -0.05) is 24.3 Å². The highest BCUT2D eigenvalue weighted by Gasteiger charge is 2.34. The highest BCUT2D eigenvalue weighted by molar-refractivity contribution is 7.14. The van der Waals surface area contributed by atoms with Crippen LogP contribution in [0.5, 0.6) is 0 Å². The van der Waals surface area contributed by atoms with Crippen molar-refractivity contribution in [1.29, 1.82) is 0 Å². The van der Waals surface area contributed by atoms with E-state index in [4.69, 9.17) is 5.73 Å². The van der Waals surface area contributed by atoms with Crippen molar-refractivity contribution in [3.05, 3.63) is 94.1 Å². The Bertz CT molecular complexity index is 1420. The first-order chi connectivity index (χ1) is 16.4. The van der Waals surface area contributed by atoms with Crippen molar-refractivity contribution in [3.63, 3.8) is 0 Å². The van der Waals surface area contributed by atoms with Gasteiger partial charge in [-0.25, -0.2) is 4.98 Å². The van der Waals surface area contributed by atoms with E-state index in [-0.39, 0.29) is 30.0 Å². The van der Waals surface area contributed by atoms with Crippen LogP contribution in [0.2, 0.25) is 0 Å². The predicted octanol–water partition coefficient (Wildman–Crippen LogP) is 3.29. The van der Waals surface area contributed by atoms with Crippen molar-refractivity contribution in [2.45, 2.75) is 6.54 Å². The maximum Gasteiger partial charge on any atom is 0.265 e. The zero-order valence-electron chi connectivity index (χ0n) is 17.6. The van der Waals surface area contributed by atoms with Crippen LogP contribution in [0.4, 0.5) is 5.13 Å². The molecule has 168 valence electrons. The third-order valence-electron chi connectivity index (χ3n) is 5.40. The standard InChI is InChI=1S/C24H17N5O4S/c25-20(30)18-9-15(10-26-18)19-12-34-24(27-19)28-21(31)14-7-5-13(6-8-14)11-29-22(32)16-3-1-2-4-17(16)23(29)33/h1-10,12,26H,11H2,(H2,25,30)(H,27,28,31). The van der Waals surface area contributed by atoms with Crippen molar-refractivity contribution in [2.75, 3.05) is 5.32 Å². The van der Waals surface area contributed by atoms with Gasteiger partial charge in [-0.05, 0) is 35.9 Å². The van der Waals surface area contributed by atoms with Crippen LogP contribution >= 0.6 is 11.3 Å². The fourth-order valence-corrected chi connectivity index (χ4v) is 4.36. The van der Waals surface area contributed by atoms with Crippen LogP contribution in [-0.4, -0.2) is 38.5 Å². The number of amides is 4. The van der Waals surface area contributed by atoms with Crippen LogP contribution in [0.15, 0.2) is 66.2 Å². The lowest BCUT2D eigenvalue weighted by Crippen LogP contribution is -2.29. The van der Waals surface area contributed by atoms with Gasteiger partial charge in [-0.15, -0.1) is 11.3 Å². The molecular formula is C24H17N5O4S. The molecule has 2 aromatic heterocycles. The summed E-state index contributed by atoms with van der Waals surface area (Å²) in [5, 5.41) is 4.90. The number of anilines is 1. The Morgan fingerprint density at radius 3 is 2.32 bits per heavy atom. The van der Waals surface area contributed by atoms with E-state index in [9.17, 15) is 19.2 Å². The lowest BCUT2D eigenvalue weighted by atomic mass is 10.1. The molecule has 0 saturated heterocycles. The number of nitrogens with two attached hydrogens (primary N) is 1. The number of benzene rings is 2. The second kappa shape index (κ2) is 8.41. The largest absolute Gasteiger partial charge is 0.364 e. The molecule has 4 N–H and O–H groups in total. The molecule has 0 bridgehead atoms. The van der Waals surface area contributed by atoms with E-state index in [1.807, 2.05) is 0 Å². The number of nitrogens with one attached hydrogen (secondary N) is 2. The minimum atomic E-state index is -0.568. The smallest absolute Gasteiger partial charge is 0.265 e. The first-order valence-corrected chi connectivity index (χ1v) is 11.1. The van der Waals surface area contributed by atoms with E-state index in [0.29, 0.717) is 33.1 Å². The summed E-state index contributed by atoms with van der Waals surface area (Å²) >= 11 is 1.25. The van der Waals surface area contributed by atoms with Crippen LogP contribution in [0.1, 0.15) is 47.1 Å². The van der Waals surface area contributed by atoms with Gasteiger partial charge in [0.1, 0.15) is 5.69 Å². The number of carbonyl (C=O) groups is 4. The average Bonchev–Trinajstić information content (AvgIpc) is 3.56. The van der Waals surface area contributed by atoms with Gasteiger partial charge in [-0.2, -0.15) is 0 Å². The number of carbonyl (C=O) groups excluding carboxylic acids is 4. The number of aromatic nitrogens is 2. The number of thiazole rings is 1. The lowest BCUT2D eigenvalue weighted by Gasteiger charge is -2.14. The Hall–Kier alpha value is -4.57. The van der Waals surface area contributed by atoms with E-state index in [1.165, 1.54) is 16.2 Å². The van der Waals surface area contributed by atoms with E-state index in [2.05, 4.69) is 15.3 Å².